The van der Waals surface area contributed by atoms with Crippen molar-refractivity contribution in [1.82, 2.24) is 5.32 Å². The molecule has 1 heterocycles. The molecule has 19 heavy (non-hydrogen) atoms. The molecule has 0 saturated carbocycles. The van der Waals surface area contributed by atoms with Crippen molar-refractivity contribution in [1.29, 1.82) is 0 Å². The van der Waals surface area contributed by atoms with Gasteiger partial charge in [0.15, 0.2) is 0 Å². The third-order valence-corrected chi connectivity index (χ3v) is 3.31. The van der Waals surface area contributed by atoms with Crippen LogP contribution >= 0.6 is 0 Å². The SMILES string of the molecule is CCCC1CNC(=O)N(c2cccc(CN)c2)C1=O. The average molecular weight is 261 g/mol. The number of rotatable bonds is 4. The van der Waals surface area contributed by atoms with E-state index in [2.05, 4.69) is 5.32 Å². The van der Waals surface area contributed by atoms with Crippen LogP contribution in [0.5, 0.6) is 0 Å². The predicted molar refractivity (Wildman–Crippen MR) is 73.6 cm³/mol. The number of hydrogen-bond donors (Lipinski definition) is 2. The summed E-state index contributed by atoms with van der Waals surface area (Å²) in [5.74, 6) is -0.260. The summed E-state index contributed by atoms with van der Waals surface area (Å²) in [6, 6.07) is 6.86. The maximum absolute atomic E-state index is 12.4. The second-order valence-corrected chi connectivity index (χ2v) is 4.72. The van der Waals surface area contributed by atoms with Gasteiger partial charge in [-0.1, -0.05) is 25.5 Å². The molecule has 102 valence electrons. The quantitative estimate of drug-likeness (QED) is 0.864. The van der Waals surface area contributed by atoms with Gasteiger partial charge >= 0.3 is 6.03 Å². The summed E-state index contributed by atoms with van der Waals surface area (Å²) >= 11 is 0. The van der Waals surface area contributed by atoms with Gasteiger partial charge in [-0.15, -0.1) is 0 Å². The van der Waals surface area contributed by atoms with Gasteiger partial charge in [-0.25, -0.2) is 9.69 Å². The first-order valence-corrected chi connectivity index (χ1v) is 6.58. The van der Waals surface area contributed by atoms with Gasteiger partial charge in [0.25, 0.3) is 0 Å². The fraction of sp³-hybridized carbons (Fsp3) is 0.429. The number of urea groups is 1. The van der Waals surface area contributed by atoms with Crippen LogP contribution in [0.25, 0.3) is 0 Å². The molecule has 1 fully saturated rings. The summed E-state index contributed by atoms with van der Waals surface area (Å²) in [7, 11) is 0. The fourth-order valence-corrected chi connectivity index (χ4v) is 2.30. The maximum atomic E-state index is 12.4. The molecule has 1 unspecified atom stereocenters. The molecule has 0 radical (unpaired) electrons. The van der Waals surface area contributed by atoms with Crippen molar-refractivity contribution < 1.29 is 9.59 Å². The van der Waals surface area contributed by atoms with Crippen molar-refractivity contribution in [3.05, 3.63) is 29.8 Å². The molecule has 1 aromatic rings. The minimum Gasteiger partial charge on any atom is -0.337 e. The normalized spacial score (nSPS) is 19.5. The molecule has 1 aliphatic rings. The standard InChI is InChI=1S/C14H19N3O2/c1-2-4-11-9-16-14(19)17(13(11)18)12-6-3-5-10(7-12)8-15/h3,5-7,11H,2,4,8-9,15H2,1H3,(H,16,19). The van der Waals surface area contributed by atoms with Crippen LogP contribution < -0.4 is 16.0 Å². The first kappa shape index (κ1) is 13.5. The number of anilines is 1. The number of amides is 3. The van der Waals surface area contributed by atoms with Gasteiger partial charge in [0.05, 0.1) is 11.6 Å². The Morgan fingerprint density at radius 3 is 2.89 bits per heavy atom. The van der Waals surface area contributed by atoms with Crippen LogP contribution in [0.4, 0.5) is 10.5 Å². The van der Waals surface area contributed by atoms with Crippen molar-refractivity contribution in [2.24, 2.45) is 11.7 Å². The molecule has 3 amide bonds. The lowest BCUT2D eigenvalue weighted by molar-refractivity contribution is -0.122. The molecule has 0 bridgehead atoms. The van der Waals surface area contributed by atoms with Gasteiger partial charge in [-0.3, -0.25) is 4.79 Å². The number of carbonyl (C=O) groups is 2. The van der Waals surface area contributed by atoms with E-state index >= 15 is 0 Å². The van der Waals surface area contributed by atoms with Gasteiger partial charge in [0.1, 0.15) is 0 Å². The molecule has 1 atom stereocenters. The first-order chi connectivity index (χ1) is 9.17. The molecule has 0 spiro atoms. The first-order valence-electron chi connectivity index (χ1n) is 6.58. The van der Waals surface area contributed by atoms with Crippen LogP contribution in [0.1, 0.15) is 25.3 Å². The molecule has 1 saturated heterocycles. The number of hydrogen-bond acceptors (Lipinski definition) is 3. The zero-order chi connectivity index (χ0) is 13.8. The monoisotopic (exact) mass is 261 g/mol. The van der Waals surface area contributed by atoms with Gasteiger partial charge in [-0.05, 0) is 24.1 Å². The molecule has 1 aliphatic heterocycles. The molecular weight excluding hydrogens is 242 g/mol. The minimum absolute atomic E-state index is 0.125. The smallest absolute Gasteiger partial charge is 0.328 e. The number of carbonyl (C=O) groups excluding carboxylic acids is 2. The molecule has 0 aromatic heterocycles. The van der Waals surface area contributed by atoms with Crippen molar-refractivity contribution in [3.8, 4) is 0 Å². The highest BCUT2D eigenvalue weighted by Gasteiger charge is 2.34. The topological polar surface area (TPSA) is 75.4 Å². The van der Waals surface area contributed by atoms with E-state index < -0.39 is 0 Å². The fourth-order valence-electron chi connectivity index (χ4n) is 2.30. The van der Waals surface area contributed by atoms with Gasteiger partial charge < -0.3 is 11.1 Å². The summed E-state index contributed by atoms with van der Waals surface area (Å²) in [5.41, 5.74) is 7.08. The van der Waals surface area contributed by atoms with Crippen molar-refractivity contribution >= 4 is 17.6 Å². The van der Waals surface area contributed by atoms with E-state index in [4.69, 9.17) is 5.73 Å². The molecule has 3 N–H and O–H groups in total. The van der Waals surface area contributed by atoms with E-state index in [0.29, 0.717) is 18.8 Å². The number of nitrogens with zero attached hydrogens (tertiary/aromatic N) is 1. The lowest BCUT2D eigenvalue weighted by Crippen LogP contribution is -2.55. The zero-order valence-corrected chi connectivity index (χ0v) is 11.1. The predicted octanol–water partition coefficient (Wildman–Crippen LogP) is 1.62. The van der Waals surface area contributed by atoms with Crippen LogP contribution in [-0.2, 0) is 11.3 Å². The Bertz CT molecular complexity index is 487. The van der Waals surface area contributed by atoms with E-state index in [1.807, 2.05) is 19.1 Å². The van der Waals surface area contributed by atoms with Crippen molar-refractivity contribution in [3.63, 3.8) is 0 Å². The van der Waals surface area contributed by atoms with Crippen LogP contribution in [0.2, 0.25) is 0 Å². The Kier molecular flexibility index (Phi) is 4.16. The van der Waals surface area contributed by atoms with Gasteiger partial charge in [0.2, 0.25) is 5.91 Å². The van der Waals surface area contributed by atoms with Crippen LogP contribution in [0.3, 0.4) is 0 Å². The Morgan fingerprint density at radius 1 is 1.42 bits per heavy atom. The number of nitrogens with two attached hydrogens (primary N) is 1. The average Bonchev–Trinajstić information content (AvgIpc) is 2.42. The number of imide groups is 1. The third-order valence-electron chi connectivity index (χ3n) is 3.31. The molecule has 1 aromatic carbocycles. The Balaban J connectivity index is 2.29. The van der Waals surface area contributed by atoms with Crippen molar-refractivity contribution in [2.75, 3.05) is 11.4 Å². The summed E-state index contributed by atoms with van der Waals surface area (Å²) in [5, 5.41) is 2.77. The second-order valence-electron chi connectivity index (χ2n) is 4.72. The van der Waals surface area contributed by atoms with E-state index in [9.17, 15) is 9.59 Å². The van der Waals surface area contributed by atoms with Crippen LogP contribution in [0, 0.1) is 5.92 Å². The van der Waals surface area contributed by atoms with Crippen LogP contribution in [0.15, 0.2) is 24.3 Å². The number of nitrogens with one attached hydrogen (secondary N) is 1. The molecule has 0 aliphatic carbocycles. The maximum Gasteiger partial charge on any atom is 0.328 e. The molecule has 2 rings (SSSR count). The van der Waals surface area contributed by atoms with E-state index in [1.54, 1.807) is 12.1 Å². The van der Waals surface area contributed by atoms with Gasteiger partial charge in [0, 0.05) is 13.1 Å². The minimum atomic E-state index is -0.355. The van der Waals surface area contributed by atoms with Crippen molar-refractivity contribution in [2.45, 2.75) is 26.3 Å². The van der Waals surface area contributed by atoms with E-state index in [1.165, 1.54) is 4.90 Å². The van der Waals surface area contributed by atoms with Crippen LogP contribution in [-0.4, -0.2) is 18.5 Å². The molecular formula is C14H19N3O2. The highest BCUT2D eigenvalue weighted by molar-refractivity contribution is 6.16. The van der Waals surface area contributed by atoms with Gasteiger partial charge in [-0.2, -0.15) is 0 Å². The summed E-state index contributed by atoms with van der Waals surface area (Å²) in [4.78, 5) is 25.5. The molecule has 5 heteroatoms. The summed E-state index contributed by atoms with van der Waals surface area (Å²) < 4.78 is 0. The highest BCUT2D eigenvalue weighted by atomic mass is 16.2. The largest absolute Gasteiger partial charge is 0.337 e. The molecule has 5 nitrogen and oxygen atoms in total. The lowest BCUT2D eigenvalue weighted by Gasteiger charge is -2.31. The van der Waals surface area contributed by atoms with E-state index in [-0.39, 0.29) is 17.9 Å². The number of benzene rings is 1. The Morgan fingerprint density at radius 2 is 2.21 bits per heavy atom. The summed E-state index contributed by atoms with van der Waals surface area (Å²) in [6.45, 7) is 2.84. The third kappa shape index (κ3) is 2.76. The highest BCUT2D eigenvalue weighted by Crippen LogP contribution is 2.23. The second kappa shape index (κ2) is 5.84. The Hall–Kier alpha value is -1.88. The van der Waals surface area contributed by atoms with E-state index in [0.717, 1.165) is 18.4 Å². The zero-order valence-electron chi connectivity index (χ0n) is 11.1. The lowest BCUT2D eigenvalue weighted by atomic mass is 9.99. The Labute approximate surface area is 112 Å². The summed E-state index contributed by atoms with van der Waals surface area (Å²) in [6.07, 6.45) is 1.70.